The number of hydrogen-bond donors (Lipinski definition) is 2. The third-order valence-electron chi connectivity index (χ3n) is 3.58. The van der Waals surface area contributed by atoms with Crippen molar-refractivity contribution in [2.24, 2.45) is 5.41 Å². The molecule has 18 heavy (non-hydrogen) atoms. The van der Waals surface area contributed by atoms with Gasteiger partial charge in [-0.05, 0) is 24.7 Å². The summed E-state index contributed by atoms with van der Waals surface area (Å²) < 4.78 is 0. The number of likely N-dealkylation sites (tertiary alicyclic amines) is 1. The Morgan fingerprint density at radius 1 is 1.44 bits per heavy atom. The Morgan fingerprint density at radius 2 is 2.17 bits per heavy atom. The number of hydrogen-bond acceptors (Lipinski definition) is 2. The Hall–Kier alpha value is -1.26. The molecule has 2 heterocycles. The van der Waals surface area contributed by atoms with Crippen LogP contribution in [0.25, 0.3) is 0 Å². The molecule has 2 N–H and O–H groups in total. The maximum atomic E-state index is 12.4. The van der Waals surface area contributed by atoms with Crippen LogP contribution in [0.15, 0.2) is 0 Å². The molecule has 0 aromatic carbocycles. The number of carbonyl (C=O) groups is 2. The van der Waals surface area contributed by atoms with Crippen molar-refractivity contribution in [1.82, 2.24) is 15.5 Å². The van der Waals surface area contributed by atoms with Crippen LogP contribution < -0.4 is 10.6 Å². The van der Waals surface area contributed by atoms with E-state index in [4.69, 9.17) is 0 Å². The third kappa shape index (κ3) is 2.94. The van der Waals surface area contributed by atoms with Gasteiger partial charge in [0.05, 0.1) is 0 Å². The smallest absolute Gasteiger partial charge is 0.315 e. The second-order valence-electron chi connectivity index (χ2n) is 6.50. The van der Waals surface area contributed by atoms with Crippen molar-refractivity contribution in [2.75, 3.05) is 13.1 Å². The lowest BCUT2D eigenvalue weighted by molar-refractivity contribution is -0.133. The molecule has 2 aliphatic rings. The first kappa shape index (κ1) is 13.2. The van der Waals surface area contributed by atoms with Gasteiger partial charge in [0.2, 0.25) is 5.91 Å². The van der Waals surface area contributed by atoms with Crippen LogP contribution in [0.4, 0.5) is 4.79 Å². The first-order valence-corrected chi connectivity index (χ1v) is 6.72. The van der Waals surface area contributed by atoms with Crippen LogP contribution in [0.1, 0.15) is 40.0 Å². The number of amides is 3. The van der Waals surface area contributed by atoms with E-state index in [1.807, 2.05) is 4.90 Å². The molecule has 0 aliphatic carbocycles. The van der Waals surface area contributed by atoms with Crippen LogP contribution in [0.5, 0.6) is 0 Å². The maximum absolute atomic E-state index is 12.4. The molecule has 2 atom stereocenters. The van der Waals surface area contributed by atoms with Crippen molar-refractivity contribution in [3.05, 3.63) is 0 Å². The van der Waals surface area contributed by atoms with Crippen LogP contribution in [0.2, 0.25) is 0 Å². The van der Waals surface area contributed by atoms with Crippen molar-refractivity contribution < 1.29 is 9.59 Å². The summed E-state index contributed by atoms with van der Waals surface area (Å²) in [6, 6.07) is -0.284. The molecule has 0 saturated carbocycles. The van der Waals surface area contributed by atoms with E-state index in [1.165, 1.54) is 0 Å². The first-order chi connectivity index (χ1) is 8.37. The highest BCUT2D eigenvalue weighted by Gasteiger charge is 2.37. The molecule has 5 heteroatoms. The monoisotopic (exact) mass is 253 g/mol. The summed E-state index contributed by atoms with van der Waals surface area (Å²) in [5, 5.41) is 5.31. The summed E-state index contributed by atoms with van der Waals surface area (Å²) in [6.07, 6.45) is 3.17. The molecule has 0 aromatic rings. The molecule has 2 aliphatic heterocycles. The zero-order valence-corrected chi connectivity index (χ0v) is 11.5. The van der Waals surface area contributed by atoms with E-state index in [9.17, 15) is 9.59 Å². The average Bonchev–Trinajstić information content (AvgIpc) is 2.84. The Kier molecular flexibility index (Phi) is 3.50. The van der Waals surface area contributed by atoms with Gasteiger partial charge in [0.1, 0.15) is 6.04 Å². The Balaban J connectivity index is 1.98. The fourth-order valence-electron chi connectivity index (χ4n) is 2.85. The Bertz CT molecular complexity index is 349. The van der Waals surface area contributed by atoms with Crippen LogP contribution in [-0.2, 0) is 4.79 Å². The Labute approximate surface area is 108 Å². The number of rotatable bonds is 2. The van der Waals surface area contributed by atoms with Crippen molar-refractivity contribution >= 4 is 11.9 Å². The summed E-state index contributed by atoms with van der Waals surface area (Å²) in [6.45, 7) is 7.84. The van der Waals surface area contributed by atoms with Crippen LogP contribution >= 0.6 is 0 Å². The van der Waals surface area contributed by atoms with Gasteiger partial charge in [0.15, 0.2) is 0 Å². The fourth-order valence-corrected chi connectivity index (χ4v) is 2.85. The van der Waals surface area contributed by atoms with Gasteiger partial charge in [-0.15, -0.1) is 0 Å². The van der Waals surface area contributed by atoms with Crippen molar-refractivity contribution in [2.45, 2.75) is 52.1 Å². The van der Waals surface area contributed by atoms with E-state index in [1.54, 1.807) is 0 Å². The molecule has 102 valence electrons. The molecule has 2 saturated heterocycles. The highest BCUT2D eigenvalue weighted by atomic mass is 16.2. The van der Waals surface area contributed by atoms with Gasteiger partial charge >= 0.3 is 6.03 Å². The van der Waals surface area contributed by atoms with E-state index in [0.29, 0.717) is 12.6 Å². The van der Waals surface area contributed by atoms with Gasteiger partial charge in [0, 0.05) is 19.1 Å². The van der Waals surface area contributed by atoms with Gasteiger partial charge < -0.3 is 15.5 Å². The van der Waals surface area contributed by atoms with E-state index in [2.05, 4.69) is 31.4 Å². The lowest BCUT2D eigenvalue weighted by Crippen LogP contribution is -2.48. The van der Waals surface area contributed by atoms with E-state index >= 15 is 0 Å². The molecule has 2 fully saturated rings. The van der Waals surface area contributed by atoms with Gasteiger partial charge in [-0.25, -0.2) is 4.79 Å². The molecule has 0 unspecified atom stereocenters. The molecule has 0 aromatic heterocycles. The fraction of sp³-hybridized carbons (Fsp3) is 0.846. The average molecular weight is 253 g/mol. The first-order valence-electron chi connectivity index (χ1n) is 6.72. The van der Waals surface area contributed by atoms with Gasteiger partial charge in [-0.2, -0.15) is 0 Å². The van der Waals surface area contributed by atoms with Gasteiger partial charge in [0.25, 0.3) is 0 Å². The van der Waals surface area contributed by atoms with Gasteiger partial charge in [-0.3, -0.25) is 4.79 Å². The molecular formula is C13H23N3O2. The van der Waals surface area contributed by atoms with E-state index < -0.39 is 0 Å². The normalized spacial score (nSPS) is 28.2. The predicted molar refractivity (Wildman–Crippen MR) is 69.1 cm³/mol. The number of nitrogens with zero attached hydrogens (tertiary/aromatic N) is 1. The van der Waals surface area contributed by atoms with E-state index in [0.717, 1.165) is 25.8 Å². The molecule has 0 bridgehead atoms. The standard InChI is InChI=1S/C13H23N3O2/c1-13(2,3)7-9-5-4-6-16(9)11(17)10-8-14-12(18)15-10/h9-10H,4-8H2,1-3H3,(H2,14,15,18)/t9-,10+/m0/s1. The summed E-state index contributed by atoms with van der Waals surface area (Å²) in [7, 11) is 0. The minimum absolute atomic E-state index is 0.0695. The molecule has 0 radical (unpaired) electrons. The second kappa shape index (κ2) is 4.78. The van der Waals surface area contributed by atoms with Crippen molar-refractivity contribution in [3.63, 3.8) is 0 Å². The summed E-state index contributed by atoms with van der Waals surface area (Å²) in [4.78, 5) is 25.4. The van der Waals surface area contributed by atoms with Gasteiger partial charge in [-0.1, -0.05) is 20.8 Å². The Morgan fingerprint density at radius 3 is 2.72 bits per heavy atom. The van der Waals surface area contributed by atoms with Crippen LogP contribution in [0, 0.1) is 5.41 Å². The largest absolute Gasteiger partial charge is 0.338 e. The van der Waals surface area contributed by atoms with Crippen molar-refractivity contribution in [3.8, 4) is 0 Å². The molecule has 0 spiro atoms. The maximum Gasteiger partial charge on any atom is 0.315 e. The number of urea groups is 1. The molecule has 5 nitrogen and oxygen atoms in total. The minimum Gasteiger partial charge on any atom is -0.338 e. The minimum atomic E-state index is -0.377. The van der Waals surface area contributed by atoms with Crippen LogP contribution in [-0.4, -0.2) is 42.0 Å². The lowest BCUT2D eigenvalue weighted by atomic mass is 9.87. The lowest BCUT2D eigenvalue weighted by Gasteiger charge is -2.31. The summed E-state index contributed by atoms with van der Waals surface area (Å²) in [5.41, 5.74) is 0.227. The topological polar surface area (TPSA) is 61.4 Å². The molecular weight excluding hydrogens is 230 g/mol. The zero-order valence-electron chi connectivity index (χ0n) is 11.5. The number of nitrogens with one attached hydrogen (secondary N) is 2. The highest BCUT2D eigenvalue weighted by molar-refractivity contribution is 5.90. The summed E-state index contributed by atoms with van der Waals surface area (Å²) >= 11 is 0. The highest BCUT2D eigenvalue weighted by Crippen LogP contribution is 2.30. The van der Waals surface area contributed by atoms with Crippen LogP contribution in [0.3, 0.4) is 0 Å². The van der Waals surface area contributed by atoms with E-state index in [-0.39, 0.29) is 23.4 Å². The molecule has 3 amide bonds. The third-order valence-corrected chi connectivity index (χ3v) is 3.58. The SMILES string of the molecule is CC(C)(C)C[C@@H]1CCCN1C(=O)[C@H]1CNC(=O)N1. The molecule has 2 rings (SSSR count). The van der Waals surface area contributed by atoms with Crippen molar-refractivity contribution in [1.29, 1.82) is 0 Å². The second-order valence-corrected chi connectivity index (χ2v) is 6.50. The predicted octanol–water partition coefficient (Wildman–Crippen LogP) is 1.09. The summed E-state index contributed by atoms with van der Waals surface area (Å²) in [5.74, 6) is 0.0695. The number of carbonyl (C=O) groups excluding carboxylic acids is 2. The zero-order chi connectivity index (χ0) is 13.3. The quantitative estimate of drug-likeness (QED) is 0.774.